The number of rotatable bonds is 5. The van der Waals surface area contributed by atoms with Crippen LogP contribution in [-0.2, 0) is 23.7 Å². The zero-order chi connectivity index (χ0) is 19.5. The van der Waals surface area contributed by atoms with Crippen LogP contribution in [0.25, 0.3) is 0 Å². The van der Waals surface area contributed by atoms with E-state index in [0.29, 0.717) is 6.61 Å². The van der Waals surface area contributed by atoms with Gasteiger partial charge in [-0.3, -0.25) is 0 Å². The van der Waals surface area contributed by atoms with Gasteiger partial charge in [0.05, 0.1) is 12.7 Å². The largest absolute Gasteiger partial charge is 0.348 e. The van der Waals surface area contributed by atoms with E-state index in [-0.39, 0.29) is 35.4 Å². The van der Waals surface area contributed by atoms with Crippen LogP contribution < -0.4 is 0 Å². The molecule has 5 atom stereocenters. The Hall–Kier alpha value is -0.720. The fourth-order valence-electron chi connectivity index (χ4n) is 5.89. The summed E-state index contributed by atoms with van der Waals surface area (Å²) in [5.74, 6) is -1.20. The van der Waals surface area contributed by atoms with Crippen molar-refractivity contribution in [3.05, 3.63) is 25.3 Å². The highest BCUT2D eigenvalue weighted by Crippen LogP contribution is 2.64. The highest BCUT2D eigenvalue weighted by atomic mass is 16.8. The van der Waals surface area contributed by atoms with E-state index >= 15 is 0 Å². The lowest BCUT2D eigenvalue weighted by atomic mass is 9.70. The minimum absolute atomic E-state index is 0.0821. The first-order valence-corrected chi connectivity index (χ1v) is 10.2. The molecule has 5 heteroatoms. The second-order valence-corrected chi connectivity index (χ2v) is 9.74. The van der Waals surface area contributed by atoms with Gasteiger partial charge in [-0.05, 0) is 65.2 Å². The number of ether oxygens (including phenoxy) is 5. The van der Waals surface area contributed by atoms with Crippen LogP contribution in [0, 0.1) is 10.8 Å². The Kier molecular flexibility index (Phi) is 4.64. The van der Waals surface area contributed by atoms with Crippen molar-refractivity contribution in [2.75, 3.05) is 6.61 Å². The minimum Gasteiger partial charge on any atom is -0.348 e. The molecule has 27 heavy (non-hydrogen) atoms. The SMILES string of the molecule is C=CCC1(CC=C)CC[C@]2(C1)[C@@H]([C@H]1COC(C)(C)O1)O[C@@H]1OC(C)(C)O[C@@H]12. The molecule has 1 saturated carbocycles. The van der Waals surface area contributed by atoms with E-state index in [1.807, 2.05) is 39.8 Å². The van der Waals surface area contributed by atoms with E-state index in [4.69, 9.17) is 23.7 Å². The molecule has 0 aromatic heterocycles. The summed E-state index contributed by atoms with van der Waals surface area (Å²) in [6.07, 6.45) is 8.54. The van der Waals surface area contributed by atoms with Gasteiger partial charge < -0.3 is 23.7 Å². The van der Waals surface area contributed by atoms with E-state index in [1.165, 1.54) is 0 Å². The third-order valence-electron chi connectivity index (χ3n) is 6.82. The first kappa shape index (κ1) is 19.6. The number of fused-ring (bicyclic) bond motifs is 2. The van der Waals surface area contributed by atoms with Crippen LogP contribution in [0.3, 0.4) is 0 Å². The van der Waals surface area contributed by atoms with Crippen LogP contribution in [0.15, 0.2) is 25.3 Å². The van der Waals surface area contributed by atoms with Gasteiger partial charge in [0.25, 0.3) is 0 Å². The van der Waals surface area contributed by atoms with E-state index < -0.39 is 11.6 Å². The Morgan fingerprint density at radius 1 is 0.889 bits per heavy atom. The zero-order valence-corrected chi connectivity index (χ0v) is 17.2. The smallest absolute Gasteiger partial charge is 0.188 e. The Morgan fingerprint density at radius 2 is 1.59 bits per heavy atom. The van der Waals surface area contributed by atoms with Gasteiger partial charge in [0.1, 0.15) is 12.2 Å². The lowest BCUT2D eigenvalue weighted by Crippen LogP contribution is -2.47. The Bertz CT molecular complexity index is 602. The molecule has 5 nitrogen and oxygen atoms in total. The second kappa shape index (κ2) is 6.39. The lowest BCUT2D eigenvalue weighted by molar-refractivity contribution is -0.237. The van der Waals surface area contributed by atoms with Crippen molar-refractivity contribution in [2.45, 2.75) is 96.0 Å². The highest BCUT2D eigenvalue weighted by molar-refractivity contribution is 5.14. The number of hydrogen-bond donors (Lipinski definition) is 0. The van der Waals surface area contributed by atoms with E-state index in [9.17, 15) is 0 Å². The zero-order valence-electron chi connectivity index (χ0n) is 17.2. The van der Waals surface area contributed by atoms with Gasteiger partial charge in [0.2, 0.25) is 0 Å². The van der Waals surface area contributed by atoms with Crippen molar-refractivity contribution >= 4 is 0 Å². The maximum atomic E-state index is 6.48. The van der Waals surface area contributed by atoms with Crippen molar-refractivity contribution in [3.63, 3.8) is 0 Å². The number of allylic oxidation sites excluding steroid dienone is 2. The summed E-state index contributed by atoms with van der Waals surface area (Å²) in [4.78, 5) is 0. The van der Waals surface area contributed by atoms with Crippen LogP contribution in [0.1, 0.15) is 59.8 Å². The quantitative estimate of drug-likeness (QED) is 0.667. The van der Waals surface area contributed by atoms with Gasteiger partial charge >= 0.3 is 0 Å². The molecule has 3 heterocycles. The third kappa shape index (κ3) is 3.22. The summed E-state index contributed by atoms with van der Waals surface area (Å²) < 4.78 is 31.1. The van der Waals surface area contributed by atoms with Crippen LogP contribution in [-0.4, -0.2) is 42.8 Å². The lowest BCUT2D eigenvalue weighted by Gasteiger charge is -2.39. The summed E-state index contributed by atoms with van der Waals surface area (Å²) >= 11 is 0. The van der Waals surface area contributed by atoms with Crippen molar-refractivity contribution < 1.29 is 23.7 Å². The van der Waals surface area contributed by atoms with Crippen molar-refractivity contribution in [1.29, 1.82) is 0 Å². The monoisotopic (exact) mass is 378 g/mol. The molecule has 0 radical (unpaired) electrons. The summed E-state index contributed by atoms with van der Waals surface area (Å²) in [5, 5.41) is 0. The minimum atomic E-state index is -0.623. The normalized spacial score (nSPS) is 43.9. The molecule has 0 unspecified atom stereocenters. The average Bonchev–Trinajstić information content (AvgIpc) is 3.25. The summed E-state index contributed by atoms with van der Waals surface area (Å²) in [7, 11) is 0. The molecule has 3 saturated heterocycles. The van der Waals surface area contributed by atoms with Crippen LogP contribution in [0.2, 0.25) is 0 Å². The summed E-state index contributed by atoms with van der Waals surface area (Å²) in [6, 6.07) is 0. The van der Waals surface area contributed by atoms with Gasteiger partial charge in [0.15, 0.2) is 17.9 Å². The van der Waals surface area contributed by atoms with Gasteiger partial charge in [-0.15, -0.1) is 13.2 Å². The molecule has 0 N–H and O–H groups in total. The Balaban J connectivity index is 1.67. The molecule has 152 valence electrons. The fraction of sp³-hybridized carbons (Fsp3) is 0.818. The first-order chi connectivity index (χ1) is 12.6. The predicted molar refractivity (Wildman–Crippen MR) is 102 cm³/mol. The molecular weight excluding hydrogens is 344 g/mol. The molecule has 1 aliphatic carbocycles. The van der Waals surface area contributed by atoms with Gasteiger partial charge in [-0.1, -0.05) is 12.2 Å². The van der Waals surface area contributed by atoms with Crippen LogP contribution >= 0.6 is 0 Å². The van der Waals surface area contributed by atoms with E-state index in [2.05, 4.69) is 13.2 Å². The van der Waals surface area contributed by atoms with Gasteiger partial charge in [-0.25, -0.2) is 0 Å². The van der Waals surface area contributed by atoms with E-state index in [1.54, 1.807) is 0 Å². The van der Waals surface area contributed by atoms with Crippen LogP contribution in [0.4, 0.5) is 0 Å². The molecule has 0 aromatic rings. The standard InChI is InChI=1S/C22H34O5/c1-7-9-21(10-8-2)11-12-22(14-21)16(15-13-23-19(3,4)25-15)24-18-17(22)26-20(5,6)27-18/h7-8,15-18H,1-2,9-14H2,3-6H3/t15-,16-,17+,18-,22+/m1/s1. The fourth-order valence-corrected chi connectivity index (χ4v) is 5.89. The molecule has 4 rings (SSSR count). The van der Waals surface area contributed by atoms with Gasteiger partial charge in [-0.2, -0.15) is 0 Å². The molecule has 0 amide bonds. The molecule has 4 fully saturated rings. The van der Waals surface area contributed by atoms with Crippen molar-refractivity contribution in [1.82, 2.24) is 0 Å². The summed E-state index contributed by atoms with van der Waals surface area (Å²) in [6.45, 7) is 16.4. The van der Waals surface area contributed by atoms with Crippen molar-refractivity contribution in [2.24, 2.45) is 10.8 Å². The third-order valence-corrected chi connectivity index (χ3v) is 6.82. The average molecular weight is 379 g/mol. The first-order valence-electron chi connectivity index (χ1n) is 10.2. The Morgan fingerprint density at radius 3 is 2.19 bits per heavy atom. The maximum Gasteiger partial charge on any atom is 0.188 e. The Labute approximate surface area is 163 Å². The predicted octanol–water partition coefficient (Wildman–Crippen LogP) is 4.32. The molecule has 3 aliphatic heterocycles. The number of hydrogen-bond acceptors (Lipinski definition) is 5. The van der Waals surface area contributed by atoms with Gasteiger partial charge in [0, 0.05) is 5.41 Å². The second-order valence-electron chi connectivity index (χ2n) is 9.74. The highest BCUT2D eigenvalue weighted by Gasteiger charge is 2.69. The van der Waals surface area contributed by atoms with Crippen LogP contribution in [0.5, 0.6) is 0 Å². The molecule has 1 spiro atoms. The molecule has 0 bridgehead atoms. The molecular formula is C22H34O5. The molecule has 4 aliphatic rings. The van der Waals surface area contributed by atoms with E-state index in [0.717, 1.165) is 32.1 Å². The topological polar surface area (TPSA) is 46.2 Å². The van der Waals surface area contributed by atoms with Crippen molar-refractivity contribution in [3.8, 4) is 0 Å². The summed E-state index contributed by atoms with van der Waals surface area (Å²) in [5.41, 5.74) is 0.0178. The maximum absolute atomic E-state index is 6.48. The molecule has 0 aromatic carbocycles.